The fourth-order valence-corrected chi connectivity index (χ4v) is 6.75. The number of thioether (sulfide) groups is 1. The molecule has 0 fully saturated rings. The molecule has 0 saturated carbocycles. The molecule has 5 aromatic rings. The first kappa shape index (κ1) is 24.4. The lowest BCUT2D eigenvalue weighted by Crippen LogP contribution is -2.54. The summed E-state index contributed by atoms with van der Waals surface area (Å²) in [6.45, 7) is 3.64. The summed E-state index contributed by atoms with van der Waals surface area (Å²) >= 11 is 1.44. The number of hydrogen-bond donors (Lipinski definition) is 0. The molecular weight excluding hydrogens is 512 g/mol. The van der Waals surface area contributed by atoms with Crippen LogP contribution < -0.4 is 10.0 Å². The van der Waals surface area contributed by atoms with Crippen LogP contribution in [-0.2, 0) is 9.79 Å². The molecular formula is C34H26N4OS. The van der Waals surface area contributed by atoms with Crippen LogP contribution >= 0.6 is 11.8 Å². The van der Waals surface area contributed by atoms with E-state index < -0.39 is 4.99 Å². The van der Waals surface area contributed by atoms with Crippen LogP contribution in [0, 0.1) is 6.92 Å². The predicted octanol–water partition coefficient (Wildman–Crippen LogP) is 7.69. The van der Waals surface area contributed by atoms with Crippen molar-refractivity contribution in [1.29, 1.82) is 0 Å². The first-order valence-electron chi connectivity index (χ1n) is 13.2. The quantitative estimate of drug-likeness (QED) is 0.235. The number of nitrogens with zero attached hydrogens (tertiary/aromatic N) is 4. The first-order valence-corrected chi connectivity index (χ1v) is 14.1. The average molecular weight is 539 g/mol. The second kappa shape index (κ2) is 9.50. The number of rotatable bonds is 4. The number of ketones is 1. The van der Waals surface area contributed by atoms with Crippen LogP contribution in [0.5, 0.6) is 0 Å². The largest absolute Gasteiger partial charge is 0.292 e. The molecule has 0 unspecified atom stereocenters. The van der Waals surface area contributed by atoms with Crippen molar-refractivity contribution in [2.45, 2.75) is 18.8 Å². The lowest BCUT2D eigenvalue weighted by atomic mass is 9.91. The van der Waals surface area contributed by atoms with Gasteiger partial charge in [0.25, 0.3) is 0 Å². The number of Topliss-reactive ketones (excluding diaryl/α,β-unsaturated/α-hetero) is 1. The molecule has 6 heteroatoms. The highest BCUT2D eigenvalue weighted by Gasteiger charge is 2.55. The Kier molecular flexibility index (Phi) is 5.79. The second-order valence-corrected chi connectivity index (χ2v) is 11.1. The maximum atomic E-state index is 12.9. The number of anilines is 2. The molecule has 0 aromatic heterocycles. The monoisotopic (exact) mass is 538 g/mol. The lowest BCUT2D eigenvalue weighted by molar-refractivity contribution is -0.110. The third kappa shape index (κ3) is 3.75. The van der Waals surface area contributed by atoms with Gasteiger partial charge in [0.1, 0.15) is 0 Å². The normalized spacial score (nSPS) is 18.1. The van der Waals surface area contributed by atoms with Crippen LogP contribution in [0.25, 0.3) is 10.8 Å². The molecule has 2 heterocycles. The van der Waals surface area contributed by atoms with Gasteiger partial charge in [-0.05, 0) is 53.7 Å². The number of benzene rings is 5. The van der Waals surface area contributed by atoms with E-state index in [1.54, 1.807) is 6.92 Å². The van der Waals surface area contributed by atoms with Crippen molar-refractivity contribution in [3.63, 3.8) is 0 Å². The van der Waals surface area contributed by atoms with Crippen LogP contribution in [0.1, 0.15) is 29.2 Å². The zero-order valence-electron chi connectivity index (χ0n) is 22.2. The Morgan fingerprint density at radius 1 is 0.675 bits per heavy atom. The molecule has 2 aliphatic rings. The molecule has 0 radical (unpaired) electrons. The van der Waals surface area contributed by atoms with Gasteiger partial charge in [-0.3, -0.25) is 4.79 Å². The van der Waals surface area contributed by atoms with E-state index in [4.69, 9.17) is 10.2 Å². The molecule has 0 saturated heterocycles. The maximum absolute atomic E-state index is 12.9. The van der Waals surface area contributed by atoms with Gasteiger partial charge in [-0.1, -0.05) is 103 Å². The molecule has 1 atom stereocenters. The van der Waals surface area contributed by atoms with E-state index in [0.717, 1.165) is 50.1 Å². The zero-order valence-corrected chi connectivity index (χ0v) is 23.0. The van der Waals surface area contributed by atoms with E-state index in [0.29, 0.717) is 5.04 Å². The molecule has 194 valence electrons. The van der Waals surface area contributed by atoms with E-state index in [-0.39, 0.29) is 5.78 Å². The van der Waals surface area contributed by atoms with Crippen molar-refractivity contribution >= 4 is 50.4 Å². The Morgan fingerprint density at radius 2 is 1.30 bits per heavy atom. The maximum Gasteiger partial charge on any atom is 0.234 e. The Balaban J connectivity index is 1.55. The fraction of sp³-hybridized carbons (Fsp3) is 0.0882. The summed E-state index contributed by atoms with van der Waals surface area (Å²) in [4.78, 5) is 11.9. The minimum atomic E-state index is -0.956. The summed E-state index contributed by atoms with van der Waals surface area (Å²) < 4.78 is 0. The molecule has 2 aliphatic heterocycles. The van der Waals surface area contributed by atoms with Crippen molar-refractivity contribution in [1.82, 2.24) is 0 Å². The van der Waals surface area contributed by atoms with Crippen molar-refractivity contribution in [2.24, 2.45) is 10.2 Å². The van der Waals surface area contributed by atoms with Crippen LogP contribution in [0.2, 0.25) is 0 Å². The Labute approximate surface area is 237 Å². The van der Waals surface area contributed by atoms with Crippen LogP contribution in [0.3, 0.4) is 0 Å². The molecule has 0 bridgehead atoms. The highest BCUT2D eigenvalue weighted by atomic mass is 32.2. The number of carbonyl (C=O) groups is 1. The van der Waals surface area contributed by atoms with E-state index in [1.807, 2.05) is 34.3 Å². The van der Waals surface area contributed by atoms with Crippen LogP contribution in [0.4, 0.5) is 11.4 Å². The van der Waals surface area contributed by atoms with Gasteiger partial charge < -0.3 is 0 Å². The van der Waals surface area contributed by atoms with E-state index in [2.05, 4.69) is 104 Å². The van der Waals surface area contributed by atoms with Gasteiger partial charge in [-0.15, -0.1) is 0 Å². The van der Waals surface area contributed by atoms with Gasteiger partial charge in [0.15, 0.2) is 10.8 Å². The van der Waals surface area contributed by atoms with Crippen LogP contribution in [-0.4, -0.2) is 16.5 Å². The standard InChI is InChI=1S/C34H26N4OS/c1-23-19-21-27(22-20-23)38-34(40-33(36-38)24(2)39)31-18-9-8-16-30(31)32(35-37(34)26-13-4-3-5-14-26)29-17-10-12-25-11-6-7-15-28(25)29/h3-22H,1-2H3/t34-/m1/s1. The first-order chi connectivity index (χ1) is 19.6. The Morgan fingerprint density at radius 3 is 2.10 bits per heavy atom. The Hall–Kier alpha value is -4.68. The number of hydrazone groups is 2. The minimum absolute atomic E-state index is 0.0756. The molecule has 5 nitrogen and oxygen atoms in total. The molecule has 5 aromatic carbocycles. The summed E-state index contributed by atoms with van der Waals surface area (Å²) in [7, 11) is 0. The second-order valence-electron chi connectivity index (χ2n) is 9.99. The van der Waals surface area contributed by atoms with E-state index in [9.17, 15) is 4.79 Å². The molecule has 7 rings (SSSR count). The molecule has 40 heavy (non-hydrogen) atoms. The topological polar surface area (TPSA) is 48.3 Å². The lowest BCUT2D eigenvalue weighted by Gasteiger charge is -2.47. The van der Waals surface area contributed by atoms with Gasteiger partial charge in [-0.25, -0.2) is 10.0 Å². The van der Waals surface area contributed by atoms with Gasteiger partial charge in [0.2, 0.25) is 4.99 Å². The van der Waals surface area contributed by atoms with Crippen LogP contribution in [0.15, 0.2) is 132 Å². The number of para-hydroxylation sites is 1. The molecule has 0 aliphatic carbocycles. The Bertz CT molecular complexity index is 1830. The highest BCUT2D eigenvalue weighted by Crippen LogP contribution is 2.55. The van der Waals surface area contributed by atoms with Crippen molar-refractivity contribution in [3.8, 4) is 0 Å². The average Bonchev–Trinajstić information content (AvgIpc) is 3.39. The third-order valence-corrected chi connectivity index (χ3v) is 8.78. The minimum Gasteiger partial charge on any atom is -0.292 e. The predicted molar refractivity (Wildman–Crippen MR) is 166 cm³/mol. The zero-order chi connectivity index (χ0) is 27.3. The SMILES string of the molecule is CC(=O)C1=NN(c2ccc(C)cc2)[C@@]2(S1)c1ccccc1C(c1cccc3ccccc13)=NN2c1ccccc1. The number of hydrogen-bond acceptors (Lipinski definition) is 6. The molecule has 0 amide bonds. The smallest absolute Gasteiger partial charge is 0.234 e. The third-order valence-electron chi connectivity index (χ3n) is 7.36. The van der Waals surface area contributed by atoms with Crippen molar-refractivity contribution < 1.29 is 4.79 Å². The fourth-order valence-electron chi connectivity index (χ4n) is 5.46. The van der Waals surface area contributed by atoms with Gasteiger partial charge >= 0.3 is 0 Å². The summed E-state index contributed by atoms with van der Waals surface area (Å²) in [5.41, 5.74) is 6.90. The van der Waals surface area contributed by atoms with E-state index >= 15 is 0 Å². The number of carbonyl (C=O) groups excluding carboxylic acids is 1. The van der Waals surface area contributed by atoms with Gasteiger partial charge in [0, 0.05) is 23.6 Å². The summed E-state index contributed by atoms with van der Waals surface area (Å²) in [5.74, 6) is -0.0756. The summed E-state index contributed by atoms with van der Waals surface area (Å²) in [6.07, 6.45) is 0. The molecule has 1 spiro atoms. The van der Waals surface area contributed by atoms with Crippen molar-refractivity contribution in [3.05, 3.63) is 144 Å². The van der Waals surface area contributed by atoms with Gasteiger partial charge in [-0.2, -0.15) is 10.2 Å². The van der Waals surface area contributed by atoms with Crippen molar-refractivity contribution in [2.75, 3.05) is 10.0 Å². The summed E-state index contributed by atoms with van der Waals surface area (Å²) in [5, 5.41) is 17.1. The number of aryl methyl sites for hydroxylation is 1. The van der Waals surface area contributed by atoms with Gasteiger partial charge in [0.05, 0.1) is 17.1 Å². The van der Waals surface area contributed by atoms with E-state index in [1.165, 1.54) is 11.8 Å². The highest BCUT2D eigenvalue weighted by molar-refractivity contribution is 8.17. The molecule has 0 N–H and O–H groups in total. The number of fused-ring (bicyclic) bond motifs is 3. The summed E-state index contributed by atoms with van der Waals surface area (Å²) in [6, 6.07) is 41.5.